The quantitative estimate of drug-likeness (QED) is 0.498. The van der Waals surface area contributed by atoms with Crippen molar-refractivity contribution in [3.05, 3.63) is 0 Å². The molecule has 1 heteroatoms. The molecule has 64 valence electrons. The molecule has 0 saturated carbocycles. The molecule has 0 rings (SSSR count). The Balaban J connectivity index is -0.00000000450. The summed E-state index contributed by atoms with van der Waals surface area (Å²) >= 11 is 0. The molecule has 0 N–H and O–H groups in total. The van der Waals surface area contributed by atoms with Crippen molar-refractivity contribution in [2.45, 2.75) is 51.0 Å². The van der Waals surface area contributed by atoms with E-state index in [4.69, 9.17) is 0 Å². The molecule has 0 bridgehead atoms. The summed E-state index contributed by atoms with van der Waals surface area (Å²) in [6, 6.07) is 0. The minimum absolute atomic E-state index is 0. The van der Waals surface area contributed by atoms with E-state index in [2.05, 4.69) is 0 Å². The Hall–Kier alpha value is -0.330. The molecule has 0 spiro atoms. The highest BCUT2D eigenvalue weighted by molar-refractivity contribution is 5.72. The average Bonchev–Trinajstić information content (AvgIpc) is 0.811. The van der Waals surface area contributed by atoms with Crippen LogP contribution >= 0.6 is 0 Å². The Kier molecular flexibility index (Phi) is 381. The normalized spacial score (nSPS) is 2.89. The van der Waals surface area contributed by atoms with Crippen molar-refractivity contribution in [2.75, 3.05) is 0 Å². The molecule has 0 saturated heterocycles. The Morgan fingerprint density at radius 1 is 0.778 bits per heavy atom. The summed E-state index contributed by atoms with van der Waals surface area (Å²) in [5.41, 5.74) is 0. The fourth-order valence-electron chi connectivity index (χ4n) is 0. The van der Waals surface area contributed by atoms with Crippen LogP contribution in [0.2, 0.25) is 0 Å². The highest BCUT2D eigenvalue weighted by Gasteiger charge is 1.62. The molecular weight excluding hydrogens is 112 g/mol. The van der Waals surface area contributed by atoms with Crippen molar-refractivity contribution in [1.29, 1.82) is 0 Å². The number of carbonyl (C=O) groups is 1. The molecule has 0 aromatic rings. The van der Waals surface area contributed by atoms with Crippen LogP contribution in [0.25, 0.3) is 0 Å². The van der Waals surface area contributed by atoms with Crippen LogP contribution in [0.1, 0.15) is 51.0 Å². The standard InChI is InChI=1S/C3H6O.5CH4/c1-3(2)4;;;;;/h1-2H3;5*1H4. The Labute approximate surface area is 62.5 Å². The molecule has 0 aromatic heterocycles. The fourth-order valence-corrected chi connectivity index (χ4v) is 0. The fraction of sp³-hybridized carbons (Fsp3) is 0.875. The van der Waals surface area contributed by atoms with Gasteiger partial charge in [-0.15, -0.1) is 0 Å². The van der Waals surface area contributed by atoms with Crippen molar-refractivity contribution < 1.29 is 4.79 Å². The summed E-state index contributed by atoms with van der Waals surface area (Å²) in [6.45, 7) is 3.06. The molecular formula is C8H26O. The molecule has 0 aromatic carbocycles. The van der Waals surface area contributed by atoms with E-state index in [9.17, 15) is 4.79 Å². The first-order chi connectivity index (χ1) is 1.73. The van der Waals surface area contributed by atoms with Gasteiger partial charge in [0, 0.05) is 0 Å². The molecule has 0 radical (unpaired) electrons. The third kappa shape index (κ3) is 2260. The summed E-state index contributed by atoms with van der Waals surface area (Å²) < 4.78 is 0. The minimum atomic E-state index is 0. The SMILES string of the molecule is C.C.C.C.C.CC(C)=O. The van der Waals surface area contributed by atoms with Crippen molar-refractivity contribution in [1.82, 2.24) is 0 Å². The average molecular weight is 138 g/mol. The lowest BCUT2D eigenvalue weighted by Gasteiger charge is -1.56. The largest absolute Gasteiger partial charge is 0.300 e. The van der Waals surface area contributed by atoms with Gasteiger partial charge in [0.15, 0.2) is 0 Å². The Morgan fingerprint density at radius 3 is 0.778 bits per heavy atom. The zero-order chi connectivity index (χ0) is 3.58. The van der Waals surface area contributed by atoms with Crippen molar-refractivity contribution >= 4 is 5.78 Å². The number of hydrogen-bond acceptors (Lipinski definition) is 1. The Bertz CT molecular complexity index is 27.5. The predicted octanol–water partition coefficient (Wildman–Crippen LogP) is 3.78. The van der Waals surface area contributed by atoms with Crippen molar-refractivity contribution in [2.24, 2.45) is 0 Å². The van der Waals surface area contributed by atoms with Gasteiger partial charge < -0.3 is 4.79 Å². The van der Waals surface area contributed by atoms with Gasteiger partial charge in [-0.3, -0.25) is 0 Å². The second kappa shape index (κ2) is 47.9. The third-order valence-corrected chi connectivity index (χ3v) is 0. The van der Waals surface area contributed by atoms with Gasteiger partial charge in [-0.05, 0) is 13.8 Å². The van der Waals surface area contributed by atoms with Crippen LogP contribution in [-0.2, 0) is 4.79 Å². The third-order valence-electron chi connectivity index (χ3n) is 0. The van der Waals surface area contributed by atoms with Crippen molar-refractivity contribution in [3.63, 3.8) is 0 Å². The molecule has 0 aliphatic heterocycles. The van der Waals surface area contributed by atoms with E-state index in [1.165, 1.54) is 13.8 Å². The van der Waals surface area contributed by atoms with Crippen LogP contribution in [0, 0.1) is 0 Å². The molecule has 0 amide bonds. The molecule has 9 heavy (non-hydrogen) atoms. The highest BCUT2D eigenvalue weighted by Crippen LogP contribution is 1.50. The highest BCUT2D eigenvalue weighted by atomic mass is 16.1. The zero-order valence-corrected chi connectivity index (χ0v) is 2.91. The van der Waals surface area contributed by atoms with Gasteiger partial charge in [-0.2, -0.15) is 0 Å². The number of hydrogen-bond donors (Lipinski definition) is 0. The van der Waals surface area contributed by atoms with Crippen LogP contribution in [0.15, 0.2) is 0 Å². The lowest BCUT2D eigenvalue weighted by molar-refractivity contribution is -0.114. The maximum Gasteiger partial charge on any atom is 0.126 e. The second-order valence-corrected chi connectivity index (χ2v) is 0.908. The number of carbonyl (C=O) groups excluding carboxylic acids is 1. The van der Waals surface area contributed by atoms with Crippen LogP contribution in [0.4, 0.5) is 0 Å². The number of ketones is 1. The summed E-state index contributed by atoms with van der Waals surface area (Å²) in [5.74, 6) is 0.167. The van der Waals surface area contributed by atoms with E-state index in [-0.39, 0.29) is 42.9 Å². The number of rotatable bonds is 0. The maximum absolute atomic E-state index is 9.44. The molecule has 0 unspecified atom stereocenters. The lowest BCUT2D eigenvalue weighted by atomic mass is 10.6. The Morgan fingerprint density at radius 2 is 0.778 bits per heavy atom. The first kappa shape index (κ1) is 71.5. The van der Waals surface area contributed by atoms with Gasteiger partial charge in [0.25, 0.3) is 0 Å². The van der Waals surface area contributed by atoms with E-state index in [0.29, 0.717) is 0 Å². The maximum atomic E-state index is 9.44. The van der Waals surface area contributed by atoms with Crippen LogP contribution < -0.4 is 0 Å². The van der Waals surface area contributed by atoms with Gasteiger partial charge in [-0.25, -0.2) is 0 Å². The van der Waals surface area contributed by atoms with Gasteiger partial charge in [0.05, 0.1) is 0 Å². The van der Waals surface area contributed by atoms with E-state index < -0.39 is 0 Å². The molecule has 1 nitrogen and oxygen atoms in total. The van der Waals surface area contributed by atoms with Crippen LogP contribution in [-0.4, -0.2) is 5.78 Å². The molecule has 0 aliphatic rings. The molecule has 0 fully saturated rings. The van der Waals surface area contributed by atoms with Gasteiger partial charge in [0.2, 0.25) is 0 Å². The molecule has 0 aliphatic carbocycles. The van der Waals surface area contributed by atoms with Crippen LogP contribution in [0.5, 0.6) is 0 Å². The first-order valence-corrected chi connectivity index (χ1v) is 1.20. The first-order valence-electron chi connectivity index (χ1n) is 1.20. The summed E-state index contributed by atoms with van der Waals surface area (Å²) in [6.07, 6.45) is 0. The zero-order valence-electron chi connectivity index (χ0n) is 2.91. The van der Waals surface area contributed by atoms with Gasteiger partial charge in [-0.1, -0.05) is 37.1 Å². The predicted molar refractivity (Wildman–Crippen MR) is 50.0 cm³/mol. The monoisotopic (exact) mass is 138 g/mol. The lowest BCUT2D eigenvalue weighted by Crippen LogP contribution is -1.69. The molecule has 0 heterocycles. The topological polar surface area (TPSA) is 17.1 Å². The summed E-state index contributed by atoms with van der Waals surface area (Å²) in [5, 5.41) is 0. The van der Waals surface area contributed by atoms with E-state index in [1.54, 1.807) is 0 Å². The smallest absolute Gasteiger partial charge is 0.126 e. The number of Topliss-reactive ketones (excluding diaryl/α,β-unsaturated/α-hetero) is 1. The van der Waals surface area contributed by atoms with E-state index in [0.717, 1.165) is 0 Å². The van der Waals surface area contributed by atoms with Crippen LogP contribution in [0.3, 0.4) is 0 Å². The minimum Gasteiger partial charge on any atom is -0.300 e. The van der Waals surface area contributed by atoms with E-state index >= 15 is 0 Å². The summed E-state index contributed by atoms with van der Waals surface area (Å²) in [7, 11) is 0. The molecule has 0 atom stereocenters. The second-order valence-electron chi connectivity index (χ2n) is 0.908. The van der Waals surface area contributed by atoms with Gasteiger partial charge in [0.1, 0.15) is 5.78 Å². The van der Waals surface area contributed by atoms with Gasteiger partial charge >= 0.3 is 0 Å². The van der Waals surface area contributed by atoms with Crippen molar-refractivity contribution in [3.8, 4) is 0 Å². The van der Waals surface area contributed by atoms with E-state index in [1.807, 2.05) is 0 Å². The summed E-state index contributed by atoms with van der Waals surface area (Å²) in [4.78, 5) is 9.44.